The van der Waals surface area contributed by atoms with E-state index in [1.54, 1.807) is 19.2 Å². The van der Waals surface area contributed by atoms with Crippen molar-refractivity contribution in [3.05, 3.63) is 59.5 Å². The number of nitrogens with zero attached hydrogens (tertiary/aromatic N) is 1. The Hall–Kier alpha value is -2.64. The van der Waals surface area contributed by atoms with Gasteiger partial charge < -0.3 is 19.6 Å². The fourth-order valence-corrected chi connectivity index (χ4v) is 2.94. The molecule has 6 nitrogen and oxygen atoms in total. The fourth-order valence-electron chi connectivity index (χ4n) is 2.10. The Morgan fingerprint density at radius 2 is 2.17 bits per heavy atom. The van der Waals surface area contributed by atoms with Gasteiger partial charge in [0, 0.05) is 5.56 Å². The molecule has 0 aliphatic heterocycles. The first-order valence-electron chi connectivity index (χ1n) is 7.27. The van der Waals surface area contributed by atoms with Gasteiger partial charge in [-0.15, -0.1) is 11.3 Å². The topological polar surface area (TPSA) is 84.6 Å². The van der Waals surface area contributed by atoms with E-state index in [1.165, 1.54) is 23.8 Å². The molecule has 0 fully saturated rings. The summed E-state index contributed by atoms with van der Waals surface area (Å²) in [4.78, 5) is 16.9. The number of aliphatic hydroxyl groups is 1. The second kappa shape index (κ2) is 7.29. The van der Waals surface area contributed by atoms with E-state index in [0.717, 1.165) is 16.3 Å². The molecule has 1 amide bonds. The van der Waals surface area contributed by atoms with Crippen LogP contribution in [0.1, 0.15) is 21.5 Å². The van der Waals surface area contributed by atoms with Crippen molar-refractivity contribution in [3.63, 3.8) is 0 Å². The number of ether oxygens (including phenoxy) is 1. The van der Waals surface area contributed by atoms with Crippen molar-refractivity contribution in [1.82, 2.24) is 10.3 Å². The number of nitrogens with one attached hydrogen (secondary N) is 1. The Balaban J connectivity index is 1.62. The first-order chi connectivity index (χ1) is 11.7. The van der Waals surface area contributed by atoms with E-state index in [0.29, 0.717) is 10.6 Å². The molecule has 2 N–H and O–H groups in total. The fraction of sp³-hybridized carbons (Fsp3) is 0.176. The van der Waals surface area contributed by atoms with Crippen molar-refractivity contribution in [2.24, 2.45) is 0 Å². The number of aromatic nitrogens is 1. The first-order valence-corrected chi connectivity index (χ1v) is 8.09. The normalized spacial score (nSPS) is 11.9. The number of thiazole rings is 1. The minimum Gasteiger partial charge on any atom is -0.497 e. The Morgan fingerprint density at radius 3 is 2.83 bits per heavy atom. The second-order valence-corrected chi connectivity index (χ2v) is 6.03. The Labute approximate surface area is 142 Å². The molecule has 2 aromatic heterocycles. The molecule has 24 heavy (non-hydrogen) atoms. The van der Waals surface area contributed by atoms with Gasteiger partial charge in [0.1, 0.15) is 27.5 Å². The third kappa shape index (κ3) is 3.64. The summed E-state index contributed by atoms with van der Waals surface area (Å²) in [7, 11) is 1.61. The van der Waals surface area contributed by atoms with Gasteiger partial charge >= 0.3 is 0 Å². The standard InChI is InChI=1S/C17H16N2O4S/c1-22-12-6-4-11(5-7-12)17-19-10-15(24-17)16(21)18-9-13(20)14-3-2-8-23-14/h2-8,10,13,20H,9H2,1H3,(H,18,21). The van der Waals surface area contributed by atoms with Crippen LogP contribution in [-0.2, 0) is 0 Å². The van der Waals surface area contributed by atoms with Gasteiger partial charge in [0.25, 0.3) is 5.91 Å². The number of aliphatic hydroxyl groups excluding tert-OH is 1. The summed E-state index contributed by atoms with van der Waals surface area (Å²) in [6.45, 7) is 0.0715. The van der Waals surface area contributed by atoms with Gasteiger partial charge in [-0.1, -0.05) is 0 Å². The number of hydrogen-bond donors (Lipinski definition) is 2. The summed E-state index contributed by atoms with van der Waals surface area (Å²) in [5.74, 6) is 0.900. The number of rotatable bonds is 6. The van der Waals surface area contributed by atoms with Gasteiger partial charge in [-0.3, -0.25) is 4.79 Å². The van der Waals surface area contributed by atoms with Crippen LogP contribution in [0.4, 0.5) is 0 Å². The molecule has 1 aromatic carbocycles. The van der Waals surface area contributed by atoms with Crippen LogP contribution >= 0.6 is 11.3 Å². The molecule has 0 saturated carbocycles. The molecule has 3 rings (SSSR count). The van der Waals surface area contributed by atoms with E-state index < -0.39 is 6.10 Å². The van der Waals surface area contributed by atoms with E-state index >= 15 is 0 Å². The minimum absolute atomic E-state index is 0.0715. The number of benzene rings is 1. The van der Waals surface area contributed by atoms with Crippen LogP contribution in [-0.4, -0.2) is 29.7 Å². The van der Waals surface area contributed by atoms with Crippen LogP contribution in [0.15, 0.2) is 53.3 Å². The van der Waals surface area contributed by atoms with Gasteiger partial charge in [0.2, 0.25) is 0 Å². The quantitative estimate of drug-likeness (QED) is 0.718. The van der Waals surface area contributed by atoms with Gasteiger partial charge in [0.15, 0.2) is 0 Å². The van der Waals surface area contributed by atoms with Crippen LogP contribution in [0.25, 0.3) is 10.6 Å². The zero-order valence-corrected chi connectivity index (χ0v) is 13.7. The third-order valence-corrected chi connectivity index (χ3v) is 4.44. The number of carbonyl (C=O) groups excluding carboxylic acids is 1. The molecular weight excluding hydrogens is 328 g/mol. The first kappa shape index (κ1) is 16.2. The molecule has 124 valence electrons. The molecule has 0 radical (unpaired) electrons. The Morgan fingerprint density at radius 1 is 1.38 bits per heavy atom. The lowest BCUT2D eigenvalue weighted by molar-refractivity contribution is 0.0905. The number of methoxy groups -OCH3 is 1. The predicted octanol–water partition coefficient (Wildman–Crippen LogP) is 2.88. The largest absolute Gasteiger partial charge is 0.497 e. The smallest absolute Gasteiger partial charge is 0.263 e. The highest BCUT2D eigenvalue weighted by Crippen LogP contribution is 2.26. The molecule has 3 aromatic rings. The Kier molecular flexibility index (Phi) is 4.93. The van der Waals surface area contributed by atoms with Gasteiger partial charge in [-0.25, -0.2) is 4.98 Å². The molecule has 2 heterocycles. The van der Waals surface area contributed by atoms with E-state index in [2.05, 4.69) is 10.3 Å². The summed E-state index contributed by atoms with van der Waals surface area (Å²) >= 11 is 1.29. The molecule has 1 unspecified atom stereocenters. The lowest BCUT2D eigenvalue weighted by Crippen LogP contribution is -2.27. The number of hydrogen-bond acceptors (Lipinski definition) is 6. The molecular formula is C17H16N2O4S. The zero-order chi connectivity index (χ0) is 16.9. The van der Waals surface area contributed by atoms with E-state index in [1.807, 2.05) is 24.3 Å². The van der Waals surface area contributed by atoms with Gasteiger partial charge in [-0.05, 0) is 36.4 Å². The molecule has 0 saturated heterocycles. The zero-order valence-electron chi connectivity index (χ0n) is 12.9. The maximum atomic E-state index is 12.2. The average Bonchev–Trinajstić information content (AvgIpc) is 3.31. The average molecular weight is 344 g/mol. The maximum Gasteiger partial charge on any atom is 0.263 e. The summed E-state index contributed by atoms with van der Waals surface area (Å²) in [5, 5.41) is 13.3. The van der Waals surface area contributed by atoms with Gasteiger partial charge in [-0.2, -0.15) is 0 Å². The van der Waals surface area contributed by atoms with Crippen molar-refractivity contribution in [1.29, 1.82) is 0 Å². The SMILES string of the molecule is COc1ccc(-c2ncc(C(=O)NCC(O)c3ccco3)s2)cc1. The van der Waals surface area contributed by atoms with E-state index in [4.69, 9.17) is 9.15 Å². The predicted molar refractivity (Wildman–Crippen MR) is 90.1 cm³/mol. The van der Waals surface area contributed by atoms with E-state index in [-0.39, 0.29) is 12.5 Å². The molecule has 0 bridgehead atoms. The van der Waals surface area contributed by atoms with Crippen LogP contribution in [0.3, 0.4) is 0 Å². The Bertz CT molecular complexity index is 796. The van der Waals surface area contributed by atoms with Crippen molar-refractivity contribution >= 4 is 17.2 Å². The number of furan rings is 1. The number of amides is 1. The van der Waals surface area contributed by atoms with Crippen LogP contribution in [0.2, 0.25) is 0 Å². The number of carbonyl (C=O) groups is 1. The third-order valence-electron chi connectivity index (χ3n) is 3.39. The molecule has 1 atom stereocenters. The van der Waals surface area contributed by atoms with Crippen molar-refractivity contribution in [2.75, 3.05) is 13.7 Å². The van der Waals surface area contributed by atoms with Crippen LogP contribution in [0.5, 0.6) is 5.75 Å². The molecule has 0 aliphatic rings. The lowest BCUT2D eigenvalue weighted by atomic mass is 10.2. The van der Waals surface area contributed by atoms with E-state index in [9.17, 15) is 9.90 Å². The lowest BCUT2D eigenvalue weighted by Gasteiger charge is -2.08. The summed E-state index contributed by atoms with van der Waals surface area (Å²) in [6, 6.07) is 10.8. The molecule has 0 spiro atoms. The summed E-state index contributed by atoms with van der Waals surface area (Å²) in [6.07, 6.45) is 2.13. The maximum absolute atomic E-state index is 12.2. The van der Waals surface area contributed by atoms with Gasteiger partial charge in [0.05, 0.1) is 26.1 Å². The van der Waals surface area contributed by atoms with Crippen molar-refractivity contribution in [2.45, 2.75) is 6.10 Å². The molecule has 0 aliphatic carbocycles. The highest BCUT2D eigenvalue weighted by Gasteiger charge is 2.15. The summed E-state index contributed by atoms with van der Waals surface area (Å²) < 4.78 is 10.2. The van der Waals surface area contributed by atoms with Crippen LogP contribution in [0, 0.1) is 0 Å². The summed E-state index contributed by atoms with van der Waals surface area (Å²) in [5.41, 5.74) is 0.912. The highest BCUT2D eigenvalue weighted by atomic mass is 32.1. The molecule has 7 heteroatoms. The van der Waals surface area contributed by atoms with Crippen LogP contribution < -0.4 is 10.1 Å². The van der Waals surface area contributed by atoms with Crippen molar-refractivity contribution in [3.8, 4) is 16.3 Å². The monoisotopic (exact) mass is 344 g/mol. The second-order valence-electron chi connectivity index (χ2n) is 5.00. The van der Waals surface area contributed by atoms with Crippen molar-refractivity contribution < 1.29 is 19.1 Å². The minimum atomic E-state index is -0.877. The highest BCUT2D eigenvalue weighted by molar-refractivity contribution is 7.16.